The minimum atomic E-state index is -0.903. The van der Waals surface area contributed by atoms with E-state index in [1.54, 1.807) is 12.1 Å². The molecule has 2 heterocycles. The summed E-state index contributed by atoms with van der Waals surface area (Å²) in [5.41, 5.74) is 2.78. The lowest BCUT2D eigenvalue weighted by Gasteiger charge is -2.18. The van der Waals surface area contributed by atoms with Crippen LogP contribution in [0.1, 0.15) is 30.9 Å². The molecule has 0 unspecified atom stereocenters. The normalized spacial score (nSPS) is 12.4. The third-order valence-corrected chi connectivity index (χ3v) is 5.26. The predicted molar refractivity (Wildman–Crippen MR) is 120 cm³/mol. The minimum absolute atomic E-state index is 0.0341. The molecule has 4 aromatic rings. The predicted octanol–water partition coefficient (Wildman–Crippen LogP) is 3.59. The van der Waals surface area contributed by atoms with Gasteiger partial charge in [0.05, 0.1) is 18.4 Å². The Balaban J connectivity index is 1.51. The number of halogens is 1. The Morgan fingerprint density at radius 3 is 2.62 bits per heavy atom. The Hall–Kier alpha value is -3.52. The van der Waals surface area contributed by atoms with E-state index in [0.29, 0.717) is 16.7 Å². The lowest BCUT2D eigenvalue weighted by Crippen LogP contribution is -2.30. The van der Waals surface area contributed by atoms with Gasteiger partial charge in [0, 0.05) is 0 Å². The maximum atomic E-state index is 13.2. The summed E-state index contributed by atoms with van der Waals surface area (Å²) in [4.78, 5) is 17.2. The molecule has 0 fully saturated rings. The molecule has 0 amide bonds. The van der Waals surface area contributed by atoms with Crippen LogP contribution in [0.25, 0.3) is 16.7 Å². The third-order valence-electron chi connectivity index (χ3n) is 5.26. The summed E-state index contributed by atoms with van der Waals surface area (Å²) in [6, 6.07) is 11.8. The van der Waals surface area contributed by atoms with Crippen LogP contribution in [0.3, 0.4) is 0 Å². The van der Waals surface area contributed by atoms with Crippen LogP contribution in [0.15, 0.2) is 59.8 Å². The summed E-state index contributed by atoms with van der Waals surface area (Å²) >= 11 is 0. The van der Waals surface area contributed by atoms with Gasteiger partial charge in [0.25, 0.3) is 5.56 Å². The standard InChI is InChI=1S/C24H25FN4O3/c1-15(2)20-9-4-16(3)10-22(20)32-13-19(30)12-28-14-26-23-21(24(28)31)11-27-29(23)18-7-5-17(25)6-8-18/h4-11,14-15,19,30H,12-13H2,1-3H3/t19-/m0/s1. The van der Waals surface area contributed by atoms with E-state index in [-0.39, 0.29) is 30.4 Å². The highest BCUT2D eigenvalue weighted by molar-refractivity contribution is 5.74. The quantitative estimate of drug-likeness (QED) is 0.479. The SMILES string of the molecule is Cc1ccc(C(C)C)c(OC[C@@H](O)Cn2cnc3c(cnn3-c3ccc(F)cc3)c2=O)c1. The summed E-state index contributed by atoms with van der Waals surface area (Å²) in [5.74, 6) is 0.665. The molecular formula is C24H25FN4O3. The maximum absolute atomic E-state index is 13.2. The zero-order valence-corrected chi connectivity index (χ0v) is 18.2. The van der Waals surface area contributed by atoms with Gasteiger partial charge in [-0.05, 0) is 54.3 Å². The van der Waals surface area contributed by atoms with Gasteiger partial charge in [-0.2, -0.15) is 5.10 Å². The molecule has 2 aromatic heterocycles. The van der Waals surface area contributed by atoms with Crippen molar-refractivity contribution in [2.24, 2.45) is 0 Å². The number of rotatable bonds is 7. The van der Waals surface area contributed by atoms with E-state index in [2.05, 4.69) is 23.9 Å². The highest BCUT2D eigenvalue weighted by Crippen LogP contribution is 2.27. The molecule has 0 aliphatic heterocycles. The molecule has 1 atom stereocenters. The fourth-order valence-corrected chi connectivity index (χ4v) is 3.56. The number of hydrogen-bond acceptors (Lipinski definition) is 5. The molecular weight excluding hydrogens is 411 g/mol. The van der Waals surface area contributed by atoms with Crippen molar-refractivity contribution in [1.29, 1.82) is 0 Å². The van der Waals surface area contributed by atoms with Crippen molar-refractivity contribution in [2.75, 3.05) is 6.61 Å². The van der Waals surface area contributed by atoms with Gasteiger partial charge < -0.3 is 9.84 Å². The average Bonchev–Trinajstić information content (AvgIpc) is 3.19. The number of aryl methyl sites for hydroxylation is 1. The lowest BCUT2D eigenvalue weighted by molar-refractivity contribution is 0.0908. The van der Waals surface area contributed by atoms with Crippen LogP contribution < -0.4 is 10.3 Å². The highest BCUT2D eigenvalue weighted by Gasteiger charge is 2.15. The first-order chi connectivity index (χ1) is 15.3. The van der Waals surface area contributed by atoms with E-state index >= 15 is 0 Å². The van der Waals surface area contributed by atoms with E-state index in [1.807, 2.05) is 25.1 Å². The number of ether oxygens (including phenoxy) is 1. The van der Waals surface area contributed by atoms with Gasteiger partial charge in [-0.25, -0.2) is 14.1 Å². The molecule has 32 heavy (non-hydrogen) atoms. The Morgan fingerprint density at radius 2 is 1.91 bits per heavy atom. The number of aromatic nitrogens is 4. The summed E-state index contributed by atoms with van der Waals surface area (Å²) in [5, 5.41) is 15.0. The van der Waals surface area contributed by atoms with E-state index in [9.17, 15) is 14.3 Å². The maximum Gasteiger partial charge on any atom is 0.264 e. The van der Waals surface area contributed by atoms with Crippen molar-refractivity contribution in [1.82, 2.24) is 19.3 Å². The summed E-state index contributed by atoms with van der Waals surface area (Å²) < 4.78 is 21.9. The van der Waals surface area contributed by atoms with E-state index < -0.39 is 6.10 Å². The number of aliphatic hydroxyl groups is 1. The van der Waals surface area contributed by atoms with Gasteiger partial charge in [-0.15, -0.1) is 0 Å². The molecule has 1 N–H and O–H groups in total. The molecule has 0 saturated carbocycles. The zero-order chi connectivity index (χ0) is 22.8. The van der Waals surface area contributed by atoms with Crippen LogP contribution in [0, 0.1) is 12.7 Å². The molecule has 0 saturated heterocycles. The molecule has 4 rings (SSSR count). The molecule has 0 bridgehead atoms. The molecule has 0 spiro atoms. The molecule has 2 aromatic carbocycles. The van der Waals surface area contributed by atoms with Crippen LogP contribution in [0.4, 0.5) is 4.39 Å². The molecule has 7 nitrogen and oxygen atoms in total. The first-order valence-electron chi connectivity index (χ1n) is 10.4. The van der Waals surface area contributed by atoms with Crippen molar-refractivity contribution >= 4 is 11.0 Å². The molecule has 166 valence electrons. The molecule has 0 radical (unpaired) electrons. The van der Waals surface area contributed by atoms with E-state index in [4.69, 9.17) is 4.74 Å². The fourth-order valence-electron chi connectivity index (χ4n) is 3.56. The van der Waals surface area contributed by atoms with Gasteiger partial charge in [0.1, 0.15) is 36.0 Å². The van der Waals surface area contributed by atoms with E-state index in [0.717, 1.165) is 16.9 Å². The van der Waals surface area contributed by atoms with Gasteiger partial charge in [0.2, 0.25) is 0 Å². The van der Waals surface area contributed by atoms with E-state index in [1.165, 1.54) is 33.9 Å². The second-order valence-corrected chi connectivity index (χ2v) is 8.13. The Morgan fingerprint density at radius 1 is 1.16 bits per heavy atom. The molecule has 0 aliphatic rings. The summed E-state index contributed by atoms with van der Waals surface area (Å²) in [6.07, 6.45) is 1.90. The molecule has 0 aliphatic carbocycles. The summed E-state index contributed by atoms with van der Waals surface area (Å²) in [6.45, 7) is 6.23. The van der Waals surface area contributed by atoms with Crippen molar-refractivity contribution < 1.29 is 14.2 Å². The van der Waals surface area contributed by atoms with Gasteiger partial charge in [0.15, 0.2) is 5.65 Å². The number of aliphatic hydroxyl groups excluding tert-OH is 1. The highest BCUT2D eigenvalue weighted by atomic mass is 19.1. The second-order valence-electron chi connectivity index (χ2n) is 8.13. The monoisotopic (exact) mass is 436 g/mol. The van der Waals surface area contributed by atoms with Crippen molar-refractivity contribution in [3.63, 3.8) is 0 Å². The van der Waals surface area contributed by atoms with Gasteiger partial charge >= 0.3 is 0 Å². The minimum Gasteiger partial charge on any atom is -0.491 e. The van der Waals surface area contributed by atoms with Crippen LogP contribution in [-0.4, -0.2) is 37.1 Å². The first kappa shape index (κ1) is 21.7. The van der Waals surface area contributed by atoms with Crippen molar-refractivity contribution in [3.8, 4) is 11.4 Å². The second kappa shape index (κ2) is 8.92. The van der Waals surface area contributed by atoms with Gasteiger partial charge in [-0.3, -0.25) is 9.36 Å². The number of benzene rings is 2. The summed E-state index contributed by atoms with van der Waals surface area (Å²) in [7, 11) is 0. The zero-order valence-electron chi connectivity index (χ0n) is 18.2. The number of nitrogens with zero attached hydrogens (tertiary/aromatic N) is 4. The smallest absolute Gasteiger partial charge is 0.264 e. The van der Waals surface area contributed by atoms with Crippen LogP contribution in [0.5, 0.6) is 5.75 Å². The average molecular weight is 436 g/mol. The Labute approximate surface area is 184 Å². The van der Waals surface area contributed by atoms with Crippen LogP contribution in [-0.2, 0) is 6.54 Å². The first-order valence-corrected chi connectivity index (χ1v) is 10.4. The Kier molecular flexibility index (Phi) is 6.05. The van der Waals surface area contributed by atoms with Gasteiger partial charge in [-0.1, -0.05) is 26.0 Å². The molecule has 8 heteroatoms. The lowest BCUT2D eigenvalue weighted by atomic mass is 10.0. The van der Waals surface area contributed by atoms with Crippen LogP contribution in [0.2, 0.25) is 0 Å². The van der Waals surface area contributed by atoms with Crippen molar-refractivity contribution in [3.05, 3.63) is 82.3 Å². The van der Waals surface area contributed by atoms with Crippen molar-refractivity contribution in [2.45, 2.75) is 39.3 Å². The topological polar surface area (TPSA) is 82.2 Å². The third kappa shape index (κ3) is 4.40. The largest absolute Gasteiger partial charge is 0.491 e. The Bertz CT molecular complexity index is 1300. The van der Waals surface area contributed by atoms with Crippen LogP contribution >= 0.6 is 0 Å². The number of hydrogen-bond donors (Lipinski definition) is 1. The fraction of sp³-hybridized carbons (Fsp3) is 0.292. The number of fused-ring (bicyclic) bond motifs is 1.